The lowest BCUT2D eigenvalue weighted by Crippen LogP contribution is -2.33. The molecule has 21 heavy (non-hydrogen) atoms. The summed E-state index contributed by atoms with van der Waals surface area (Å²) in [6, 6.07) is 6.63. The molecule has 2 saturated heterocycles. The Kier molecular flexibility index (Phi) is 3.51. The molecule has 3 atom stereocenters. The first-order valence-corrected chi connectivity index (χ1v) is 8.25. The van der Waals surface area contributed by atoms with E-state index in [1.165, 1.54) is 4.31 Å². The van der Waals surface area contributed by atoms with Crippen molar-refractivity contribution in [3.63, 3.8) is 0 Å². The minimum atomic E-state index is -3.61. The molecule has 3 rings (SSSR count). The van der Waals surface area contributed by atoms with Crippen LogP contribution in [0, 0.1) is 18.8 Å². The minimum absolute atomic E-state index is 0.121. The van der Waals surface area contributed by atoms with Crippen molar-refractivity contribution < 1.29 is 23.1 Å². The summed E-state index contributed by atoms with van der Waals surface area (Å²) in [7, 11) is -3.61. The number of carbonyl (C=O) groups excluding carboxylic acids is 1. The van der Waals surface area contributed by atoms with Crippen LogP contribution in [0.5, 0.6) is 0 Å². The summed E-state index contributed by atoms with van der Waals surface area (Å²) < 4.78 is 31.5. The number of fused-ring (bicyclic) bond motifs is 1. The monoisotopic (exact) mass is 311 g/mol. The highest BCUT2D eigenvalue weighted by atomic mass is 32.2. The van der Waals surface area contributed by atoms with Gasteiger partial charge in [0, 0.05) is 19.0 Å². The van der Waals surface area contributed by atoms with Crippen LogP contribution in [-0.4, -0.2) is 49.6 Å². The molecule has 1 aromatic carbocycles. The van der Waals surface area contributed by atoms with E-state index in [4.69, 9.17) is 4.74 Å². The number of sulfonamides is 1. The van der Waals surface area contributed by atoms with Crippen molar-refractivity contribution in [2.24, 2.45) is 11.8 Å². The van der Waals surface area contributed by atoms with Crippen molar-refractivity contribution >= 4 is 16.0 Å². The Labute approximate surface area is 123 Å². The van der Waals surface area contributed by atoms with Gasteiger partial charge in [0.2, 0.25) is 10.0 Å². The van der Waals surface area contributed by atoms with E-state index in [-0.39, 0.29) is 30.5 Å². The molecule has 2 heterocycles. The largest absolute Gasteiger partial charge is 0.459 e. The number of esters is 1. The molecule has 0 aromatic heterocycles. The van der Waals surface area contributed by atoms with E-state index in [0.717, 1.165) is 5.56 Å². The fraction of sp³-hybridized carbons (Fsp3) is 0.500. The summed E-state index contributed by atoms with van der Waals surface area (Å²) in [5.74, 6) is -1.15. The maximum Gasteiger partial charge on any atom is 0.311 e. The van der Waals surface area contributed by atoms with Gasteiger partial charge < -0.3 is 9.84 Å². The molecule has 0 radical (unpaired) electrons. The van der Waals surface area contributed by atoms with Gasteiger partial charge in [-0.1, -0.05) is 17.7 Å². The fourth-order valence-corrected chi connectivity index (χ4v) is 4.47. The molecule has 1 N–H and O–H groups in total. The zero-order valence-electron chi connectivity index (χ0n) is 11.6. The van der Waals surface area contributed by atoms with Crippen LogP contribution in [0.1, 0.15) is 5.56 Å². The summed E-state index contributed by atoms with van der Waals surface area (Å²) in [5.41, 5.74) is 0.983. The zero-order valence-corrected chi connectivity index (χ0v) is 12.4. The number of cyclic esters (lactones) is 1. The van der Waals surface area contributed by atoms with Gasteiger partial charge in [-0.15, -0.1) is 0 Å². The van der Waals surface area contributed by atoms with Gasteiger partial charge in [0.15, 0.2) is 0 Å². The minimum Gasteiger partial charge on any atom is -0.459 e. The van der Waals surface area contributed by atoms with Crippen LogP contribution < -0.4 is 0 Å². The molecule has 0 unspecified atom stereocenters. The second kappa shape index (κ2) is 5.08. The average molecular weight is 311 g/mol. The highest BCUT2D eigenvalue weighted by Crippen LogP contribution is 2.37. The summed E-state index contributed by atoms with van der Waals surface area (Å²) in [4.78, 5) is 11.9. The fourth-order valence-electron chi connectivity index (χ4n) is 2.97. The molecule has 0 saturated carbocycles. The number of benzene rings is 1. The quantitative estimate of drug-likeness (QED) is 0.803. The normalized spacial score (nSPS) is 29.4. The van der Waals surface area contributed by atoms with Gasteiger partial charge in [-0.05, 0) is 19.1 Å². The van der Waals surface area contributed by atoms with E-state index >= 15 is 0 Å². The predicted octanol–water partition coefficient (Wildman–Crippen LogP) is 0.149. The lowest BCUT2D eigenvalue weighted by Gasteiger charge is -2.19. The van der Waals surface area contributed by atoms with E-state index in [2.05, 4.69) is 0 Å². The zero-order chi connectivity index (χ0) is 15.2. The first-order chi connectivity index (χ1) is 9.93. The second-order valence-corrected chi connectivity index (χ2v) is 7.50. The maximum absolute atomic E-state index is 12.6. The molecule has 114 valence electrons. The molecular formula is C14H17NO5S. The molecule has 0 spiro atoms. The van der Waals surface area contributed by atoms with Gasteiger partial charge in [0.05, 0.1) is 17.4 Å². The van der Waals surface area contributed by atoms with Gasteiger partial charge in [-0.3, -0.25) is 4.79 Å². The molecular weight excluding hydrogens is 294 g/mol. The second-order valence-electron chi connectivity index (χ2n) is 5.56. The number of aryl methyl sites for hydroxylation is 1. The van der Waals surface area contributed by atoms with E-state index in [0.29, 0.717) is 0 Å². The van der Waals surface area contributed by atoms with Crippen molar-refractivity contribution in [2.45, 2.75) is 17.9 Å². The number of carbonyl (C=O) groups is 1. The predicted molar refractivity (Wildman–Crippen MR) is 73.9 cm³/mol. The Morgan fingerprint density at radius 2 is 1.95 bits per heavy atom. The van der Waals surface area contributed by atoms with E-state index < -0.39 is 28.0 Å². The molecule has 0 aliphatic carbocycles. The molecule has 1 aromatic rings. The summed E-state index contributed by atoms with van der Waals surface area (Å²) in [5, 5.41) is 9.22. The number of nitrogens with zero attached hydrogens (tertiary/aromatic N) is 1. The SMILES string of the molecule is Cc1ccc(S(=O)(=O)N2C[C@@H]3[C@H](C2)C(=O)O[C@@H]3CO)cc1. The van der Waals surface area contributed by atoms with Crippen LogP contribution >= 0.6 is 0 Å². The van der Waals surface area contributed by atoms with Gasteiger partial charge >= 0.3 is 5.97 Å². The van der Waals surface area contributed by atoms with Crippen molar-refractivity contribution in [1.29, 1.82) is 0 Å². The first kappa shape index (κ1) is 14.5. The van der Waals surface area contributed by atoms with Crippen molar-refractivity contribution in [3.05, 3.63) is 29.8 Å². The number of aliphatic hydroxyl groups excluding tert-OH is 1. The van der Waals surface area contributed by atoms with Crippen molar-refractivity contribution in [2.75, 3.05) is 19.7 Å². The third-order valence-electron chi connectivity index (χ3n) is 4.22. The number of aliphatic hydroxyl groups is 1. The van der Waals surface area contributed by atoms with Crippen LogP contribution in [0.3, 0.4) is 0 Å². The Morgan fingerprint density at radius 3 is 2.57 bits per heavy atom. The first-order valence-electron chi connectivity index (χ1n) is 6.81. The number of ether oxygens (including phenoxy) is 1. The van der Waals surface area contributed by atoms with Gasteiger partial charge in [-0.2, -0.15) is 4.31 Å². The van der Waals surface area contributed by atoms with E-state index in [1.54, 1.807) is 24.3 Å². The molecule has 0 bridgehead atoms. The highest BCUT2D eigenvalue weighted by molar-refractivity contribution is 7.89. The van der Waals surface area contributed by atoms with Crippen molar-refractivity contribution in [3.8, 4) is 0 Å². The van der Waals surface area contributed by atoms with Crippen LogP contribution in [-0.2, 0) is 19.6 Å². The van der Waals surface area contributed by atoms with E-state index in [9.17, 15) is 18.3 Å². The van der Waals surface area contributed by atoms with Crippen LogP contribution in [0.4, 0.5) is 0 Å². The van der Waals surface area contributed by atoms with Crippen LogP contribution in [0.25, 0.3) is 0 Å². The topological polar surface area (TPSA) is 83.9 Å². The van der Waals surface area contributed by atoms with Crippen molar-refractivity contribution in [1.82, 2.24) is 4.31 Å². The molecule has 2 aliphatic rings. The smallest absolute Gasteiger partial charge is 0.311 e. The molecule has 6 nitrogen and oxygen atoms in total. The van der Waals surface area contributed by atoms with Crippen LogP contribution in [0.2, 0.25) is 0 Å². The van der Waals surface area contributed by atoms with Gasteiger partial charge in [0.25, 0.3) is 0 Å². The number of rotatable bonds is 3. The summed E-state index contributed by atoms with van der Waals surface area (Å²) in [6.07, 6.45) is -0.597. The molecule has 0 amide bonds. The van der Waals surface area contributed by atoms with Gasteiger partial charge in [0.1, 0.15) is 6.10 Å². The third-order valence-corrected chi connectivity index (χ3v) is 6.06. The Morgan fingerprint density at radius 1 is 1.29 bits per heavy atom. The third kappa shape index (κ3) is 2.35. The lowest BCUT2D eigenvalue weighted by molar-refractivity contribution is -0.145. The number of hydrogen-bond acceptors (Lipinski definition) is 5. The maximum atomic E-state index is 12.6. The molecule has 7 heteroatoms. The highest BCUT2D eigenvalue weighted by Gasteiger charge is 2.52. The number of hydrogen-bond donors (Lipinski definition) is 1. The Hall–Kier alpha value is -1.44. The van der Waals surface area contributed by atoms with Gasteiger partial charge in [-0.25, -0.2) is 8.42 Å². The summed E-state index contributed by atoms with van der Waals surface area (Å²) >= 11 is 0. The Bertz CT molecular complexity index is 654. The van der Waals surface area contributed by atoms with E-state index in [1.807, 2.05) is 6.92 Å². The molecule has 2 aliphatic heterocycles. The Balaban J connectivity index is 1.86. The lowest BCUT2D eigenvalue weighted by atomic mass is 9.95. The molecule has 2 fully saturated rings. The average Bonchev–Trinajstić information content (AvgIpc) is 3.01. The summed E-state index contributed by atoms with van der Waals surface area (Å²) in [6.45, 7) is 1.94. The van der Waals surface area contributed by atoms with Crippen LogP contribution in [0.15, 0.2) is 29.2 Å². The standard InChI is InChI=1S/C14H17NO5S/c1-9-2-4-10(5-3-9)21(18,19)15-6-11-12(7-15)14(17)20-13(11)8-16/h2-5,11-13,16H,6-8H2,1H3/t11-,12+,13-/m1/s1.